The van der Waals surface area contributed by atoms with Gasteiger partial charge in [0.15, 0.2) is 5.71 Å². The van der Waals surface area contributed by atoms with Gasteiger partial charge in [-0.1, -0.05) is 32.9 Å². The fourth-order valence-corrected chi connectivity index (χ4v) is 5.38. The number of benzene rings is 2. The van der Waals surface area contributed by atoms with E-state index < -0.39 is 10.1 Å². The summed E-state index contributed by atoms with van der Waals surface area (Å²) in [5.74, 6) is 0. The molecule has 25 heavy (non-hydrogen) atoms. The number of fused-ring (bicyclic) bond motifs is 3. The molecule has 0 radical (unpaired) electrons. The van der Waals surface area contributed by atoms with Crippen LogP contribution in [0.25, 0.3) is 10.8 Å². The Bertz CT molecular complexity index is 1010. The Morgan fingerprint density at radius 2 is 1.72 bits per heavy atom. The van der Waals surface area contributed by atoms with E-state index in [-0.39, 0.29) is 15.7 Å². The van der Waals surface area contributed by atoms with Crippen LogP contribution in [0.3, 0.4) is 0 Å². The predicted octanol–water partition coefficient (Wildman–Crippen LogP) is 4.53. The highest BCUT2D eigenvalue weighted by molar-refractivity contribution is 7.86. The Morgan fingerprint density at radius 3 is 2.24 bits per heavy atom. The summed E-state index contributed by atoms with van der Waals surface area (Å²) >= 11 is 0. The van der Waals surface area contributed by atoms with E-state index in [0.29, 0.717) is 5.39 Å². The van der Waals surface area contributed by atoms with E-state index in [9.17, 15) is 13.0 Å². The molecule has 134 valence electrons. The standard InChI is InChI=1S/C20H25NO3S/c1-7-21-15-12-11-13-14(9-8-10-16(13)25(22,23)24)17(15)20(5,6)18(21)19(2,3)4/h8-12H,7H2,1-6H3/p+1. The van der Waals surface area contributed by atoms with Crippen LogP contribution >= 0.6 is 0 Å². The first-order valence-electron chi connectivity index (χ1n) is 8.60. The minimum atomic E-state index is -4.27. The van der Waals surface area contributed by atoms with Crippen molar-refractivity contribution in [2.75, 3.05) is 6.54 Å². The molecule has 1 aliphatic rings. The minimum absolute atomic E-state index is 0.0223. The SMILES string of the molecule is CC[N+]1=C(C(C)(C)C)C(C)(C)c2c1ccc1c(S(=O)(=O)O)cccc21. The molecule has 2 aromatic carbocycles. The van der Waals surface area contributed by atoms with Crippen LogP contribution in [0, 0.1) is 5.41 Å². The molecule has 4 nitrogen and oxygen atoms in total. The fraction of sp³-hybridized carbons (Fsp3) is 0.450. The fourth-order valence-electron chi connectivity index (χ4n) is 4.67. The van der Waals surface area contributed by atoms with E-state index in [1.165, 1.54) is 11.8 Å². The zero-order valence-corrected chi connectivity index (χ0v) is 16.5. The summed E-state index contributed by atoms with van der Waals surface area (Å²) in [6, 6.07) is 8.90. The molecular formula is C20H26NO3S+. The van der Waals surface area contributed by atoms with Gasteiger partial charge in [-0.2, -0.15) is 13.0 Å². The van der Waals surface area contributed by atoms with E-state index in [1.54, 1.807) is 6.07 Å². The Balaban J connectivity index is 2.46. The molecule has 2 aromatic rings. The molecule has 0 spiro atoms. The zero-order valence-electron chi connectivity index (χ0n) is 15.7. The quantitative estimate of drug-likeness (QED) is 0.632. The van der Waals surface area contributed by atoms with Crippen LogP contribution < -0.4 is 0 Å². The van der Waals surface area contributed by atoms with Gasteiger partial charge in [-0.3, -0.25) is 4.55 Å². The van der Waals surface area contributed by atoms with Crippen LogP contribution in [0.15, 0.2) is 35.2 Å². The van der Waals surface area contributed by atoms with E-state index in [4.69, 9.17) is 0 Å². The summed E-state index contributed by atoms with van der Waals surface area (Å²) in [5, 5.41) is 1.46. The highest BCUT2D eigenvalue weighted by Gasteiger charge is 2.51. The number of hydrogen-bond acceptors (Lipinski definition) is 2. The van der Waals surface area contributed by atoms with Gasteiger partial charge in [0.2, 0.25) is 5.69 Å². The van der Waals surface area contributed by atoms with Crippen molar-refractivity contribution in [3.63, 3.8) is 0 Å². The molecule has 0 bridgehead atoms. The van der Waals surface area contributed by atoms with Crippen molar-refractivity contribution in [1.29, 1.82) is 0 Å². The van der Waals surface area contributed by atoms with Crippen LogP contribution in [-0.4, -0.2) is 29.8 Å². The predicted molar refractivity (Wildman–Crippen MR) is 102 cm³/mol. The van der Waals surface area contributed by atoms with Gasteiger partial charge >= 0.3 is 0 Å². The van der Waals surface area contributed by atoms with Crippen molar-refractivity contribution >= 4 is 32.3 Å². The normalized spacial score (nSPS) is 17.2. The molecule has 0 saturated heterocycles. The van der Waals surface area contributed by atoms with E-state index in [1.807, 2.05) is 18.2 Å². The highest BCUT2D eigenvalue weighted by atomic mass is 32.2. The van der Waals surface area contributed by atoms with Crippen LogP contribution in [0.5, 0.6) is 0 Å². The first-order valence-corrected chi connectivity index (χ1v) is 10.0. The summed E-state index contributed by atoms with van der Waals surface area (Å²) in [6.07, 6.45) is 0. The lowest BCUT2D eigenvalue weighted by molar-refractivity contribution is -0.438. The van der Waals surface area contributed by atoms with Gasteiger partial charge < -0.3 is 0 Å². The summed E-state index contributed by atoms with van der Waals surface area (Å²) in [6.45, 7) is 14.0. The molecule has 0 fully saturated rings. The monoisotopic (exact) mass is 360 g/mol. The van der Waals surface area contributed by atoms with E-state index in [0.717, 1.165) is 23.2 Å². The average molecular weight is 360 g/mol. The lowest BCUT2D eigenvalue weighted by Crippen LogP contribution is -2.39. The molecule has 0 aromatic heterocycles. The molecule has 0 aliphatic carbocycles. The third-order valence-corrected chi connectivity index (χ3v) is 5.99. The van der Waals surface area contributed by atoms with E-state index in [2.05, 4.69) is 46.1 Å². The molecule has 0 unspecified atom stereocenters. The second-order valence-electron chi connectivity index (χ2n) is 8.25. The molecule has 1 aliphatic heterocycles. The zero-order chi connectivity index (χ0) is 18.8. The van der Waals surface area contributed by atoms with Crippen LogP contribution in [-0.2, 0) is 15.5 Å². The summed E-state index contributed by atoms with van der Waals surface area (Å²) in [4.78, 5) is -0.0316. The van der Waals surface area contributed by atoms with Crippen LogP contribution in [0.1, 0.15) is 47.1 Å². The van der Waals surface area contributed by atoms with Crippen molar-refractivity contribution in [1.82, 2.24) is 0 Å². The largest absolute Gasteiger partial charge is 0.295 e. The van der Waals surface area contributed by atoms with Gasteiger partial charge in [-0.15, -0.1) is 0 Å². The van der Waals surface area contributed by atoms with Gasteiger partial charge in [0.25, 0.3) is 10.1 Å². The lowest BCUT2D eigenvalue weighted by atomic mass is 9.70. The van der Waals surface area contributed by atoms with Crippen molar-refractivity contribution < 1.29 is 17.5 Å². The van der Waals surface area contributed by atoms with Crippen LogP contribution in [0.4, 0.5) is 5.69 Å². The van der Waals surface area contributed by atoms with Crippen molar-refractivity contribution in [2.45, 2.75) is 51.9 Å². The third kappa shape index (κ3) is 2.61. The highest BCUT2D eigenvalue weighted by Crippen LogP contribution is 2.48. The number of hydrogen-bond donors (Lipinski definition) is 1. The maximum atomic E-state index is 11.8. The van der Waals surface area contributed by atoms with Crippen molar-refractivity contribution in [2.24, 2.45) is 5.41 Å². The Hall–Kier alpha value is -1.72. The van der Waals surface area contributed by atoms with Crippen molar-refractivity contribution in [3.8, 4) is 0 Å². The molecule has 5 heteroatoms. The lowest BCUT2D eigenvalue weighted by Gasteiger charge is -2.27. The first-order chi connectivity index (χ1) is 11.4. The topological polar surface area (TPSA) is 57.4 Å². The smallest absolute Gasteiger partial charge is 0.282 e. The number of rotatable bonds is 2. The van der Waals surface area contributed by atoms with Crippen molar-refractivity contribution in [3.05, 3.63) is 35.9 Å². The maximum Gasteiger partial charge on any atom is 0.295 e. The second-order valence-corrected chi connectivity index (χ2v) is 9.64. The average Bonchev–Trinajstić information content (AvgIpc) is 2.72. The minimum Gasteiger partial charge on any atom is -0.282 e. The molecule has 3 rings (SSSR count). The Morgan fingerprint density at radius 1 is 1.08 bits per heavy atom. The molecule has 0 saturated carbocycles. The Kier molecular flexibility index (Phi) is 3.90. The second kappa shape index (κ2) is 5.39. The summed E-state index contributed by atoms with van der Waals surface area (Å²) < 4.78 is 35.5. The number of nitrogens with zero attached hydrogens (tertiary/aromatic N) is 1. The maximum absolute atomic E-state index is 11.8. The van der Waals surface area contributed by atoms with Gasteiger partial charge in [0, 0.05) is 22.4 Å². The molecule has 1 N–H and O–H groups in total. The third-order valence-electron chi connectivity index (χ3n) is 5.08. The molecule has 1 heterocycles. The molecule has 0 amide bonds. The van der Waals surface area contributed by atoms with Gasteiger partial charge in [-0.25, -0.2) is 0 Å². The van der Waals surface area contributed by atoms with Gasteiger partial charge in [0.1, 0.15) is 11.4 Å². The van der Waals surface area contributed by atoms with E-state index >= 15 is 0 Å². The summed E-state index contributed by atoms with van der Waals surface area (Å²) in [5.41, 5.74) is 3.31. The van der Waals surface area contributed by atoms with Gasteiger partial charge in [-0.05, 0) is 38.3 Å². The first kappa shape index (κ1) is 18.1. The molecule has 0 atom stereocenters. The summed E-state index contributed by atoms with van der Waals surface area (Å²) in [7, 11) is -4.27. The van der Waals surface area contributed by atoms with Gasteiger partial charge in [0.05, 0.1) is 5.41 Å². The Labute approximate surface area is 149 Å². The van der Waals surface area contributed by atoms with Crippen LogP contribution in [0.2, 0.25) is 0 Å². The molecular weight excluding hydrogens is 334 g/mol.